The van der Waals surface area contributed by atoms with Gasteiger partial charge in [-0.3, -0.25) is 4.98 Å². The fraction of sp³-hybridized carbons (Fsp3) is 0.522. The number of aliphatic hydroxyl groups excluding tert-OH is 2. The largest absolute Gasteiger partial charge is 0.493 e. The van der Waals surface area contributed by atoms with Crippen molar-refractivity contribution in [1.82, 2.24) is 15.2 Å². The van der Waals surface area contributed by atoms with Gasteiger partial charge in [0.05, 0.1) is 19.4 Å². The van der Waals surface area contributed by atoms with Crippen molar-refractivity contribution in [2.75, 3.05) is 46.5 Å². The SMILES string of the molecule is COc1cc(CNCCOc2cccnc2)ccc1OC[C@@H](O)CN1CCC(O)CC1. The highest BCUT2D eigenvalue weighted by Gasteiger charge is 2.20. The minimum Gasteiger partial charge on any atom is -0.493 e. The zero-order chi connectivity index (χ0) is 21.9. The van der Waals surface area contributed by atoms with Gasteiger partial charge in [0, 0.05) is 38.9 Å². The van der Waals surface area contributed by atoms with Crippen molar-refractivity contribution in [2.45, 2.75) is 31.6 Å². The lowest BCUT2D eigenvalue weighted by Crippen LogP contribution is -2.41. The zero-order valence-corrected chi connectivity index (χ0v) is 18.1. The van der Waals surface area contributed by atoms with E-state index in [1.165, 1.54) is 0 Å². The average molecular weight is 432 g/mol. The number of aliphatic hydroxyl groups is 2. The van der Waals surface area contributed by atoms with Crippen LogP contribution in [-0.2, 0) is 6.54 Å². The molecule has 1 fully saturated rings. The van der Waals surface area contributed by atoms with Crippen LogP contribution in [0.2, 0.25) is 0 Å². The second kappa shape index (κ2) is 12.5. The topological polar surface area (TPSA) is 96.3 Å². The van der Waals surface area contributed by atoms with Gasteiger partial charge in [-0.05, 0) is 42.7 Å². The highest BCUT2D eigenvalue weighted by Crippen LogP contribution is 2.28. The van der Waals surface area contributed by atoms with Gasteiger partial charge < -0.3 is 34.6 Å². The molecule has 8 heteroatoms. The number of ether oxygens (including phenoxy) is 3. The maximum absolute atomic E-state index is 10.3. The zero-order valence-electron chi connectivity index (χ0n) is 18.1. The summed E-state index contributed by atoms with van der Waals surface area (Å²) in [6.45, 7) is 4.27. The van der Waals surface area contributed by atoms with Crippen molar-refractivity contribution in [3.63, 3.8) is 0 Å². The number of benzene rings is 1. The molecule has 31 heavy (non-hydrogen) atoms. The van der Waals surface area contributed by atoms with Crippen LogP contribution in [0.5, 0.6) is 17.2 Å². The van der Waals surface area contributed by atoms with Gasteiger partial charge in [0.2, 0.25) is 0 Å². The highest BCUT2D eigenvalue weighted by molar-refractivity contribution is 5.43. The minimum atomic E-state index is -0.596. The van der Waals surface area contributed by atoms with Crippen LogP contribution in [0.15, 0.2) is 42.7 Å². The first kappa shape index (κ1) is 23.3. The molecule has 3 N–H and O–H groups in total. The Hall–Kier alpha value is -2.39. The van der Waals surface area contributed by atoms with E-state index in [4.69, 9.17) is 14.2 Å². The molecule has 2 aromatic rings. The number of nitrogens with one attached hydrogen (secondary N) is 1. The fourth-order valence-electron chi connectivity index (χ4n) is 3.49. The Morgan fingerprint density at radius 2 is 2.03 bits per heavy atom. The Balaban J connectivity index is 1.38. The Labute approximate surface area is 183 Å². The quantitative estimate of drug-likeness (QED) is 0.435. The molecular weight excluding hydrogens is 398 g/mol. The summed E-state index contributed by atoms with van der Waals surface area (Å²) in [5.74, 6) is 2.01. The van der Waals surface area contributed by atoms with E-state index in [0.717, 1.165) is 37.2 Å². The van der Waals surface area contributed by atoms with Crippen molar-refractivity contribution >= 4 is 0 Å². The van der Waals surface area contributed by atoms with Crippen LogP contribution in [0.4, 0.5) is 0 Å². The summed E-state index contributed by atoms with van der Waals surface area (Å²) in [7, 11) is 1.61. The summed E-state index contributed by atoms with van der Waals surface area (Å²) in [5, 5.41) is 23.2. The minimum absolute atomic E-state index is 0.193. The van der Waals surface area contributed by atoms with E-state index in [1.807, 2.05) is 30.3 Å². The van der Waals surface area contributed by atoms with Gasteiger partial charge in [-0.15, -0.1) is 0 Å². The summed E-state index contributed by atoms with van der Waals surface area (Å²) in [4.78, 5) is 6.18. The molecule has 1 saturated heterocycles. The predicted octanol–water partition coefficient (Wildman–Crippen LogP) is 1.46. The molecule has 1 aliphatic rings. The van der Waals surface area contributed by atoms with Crippen LogP contribution >= 0.6 is 0 Å². The van der Waals surface area contributed by atoms with E-state index in [-0.39, 0.29) is 12.7 Å². The first-order valence-electron chi connectivity index (χ1n) is 10.8. The number of nitrogens with zero attached hydrogens (tertiary/aromatic N) is 2. The second-order valence-electron chi connectivity index (χ2n) is 7.70. The van der Waals surface area contributed by atoms with E-state index in [0.29, 0.717) is 37.7 Å². The van der Waals surface area contributed by atoms with Crippen LogP contribution in [0.1, 0.15) is 18.4 Å². The van der Waals surface area contributed by atoms with Crippen molar-refractivity contribution < 1.29 is 24.4 Å². The first-order chi connectivity index (χ1) is 15.1. The Morgan fingerprint density at radius 3 is 2.77 bits per heavy atom. The lowest BCUT2D eigenvalue weighted by Gasteiger charge is -2.30. The molecule has 0 amide bonds. The number of hydrogen-bond donors (Lipinski definition) is 3. The lowest BCUT2D eigenvalue weighted by molar-refractivity contribution is 0.0333. The van der Waals surface area contributed by atoms with Crippen LogP contribution in [0.3, 0.4) is 0 Å². The number of β-amino-alcohol motifs (C(OH)–C–C–N with tert-alkyl or cyclic N) is 1. The van der Waals surface area contributed by atoms with E-state index in [1.54, 1.807) is 19.5 Å². The molecule has 8 nitrogen and oxygen atoms in total. The molecule has 0 saturated carbocycles. The van der Waals surface area contributed by atoms with Gasteiger partial charge in [0.15, 0.2) is 11.5 Å². The summed E-state index contributed by atoms with van der Waals surface area (Å²) >= 11 is 0. The van der Waals surface area contributed by atoms with E-state index in [9.17, 15) is 10.2 Å². The molecule has 1 aromatic heterocycles. The number of likely N-dealkylation sites (tertiary alicyclic amines) is 1. The molecule has 170 valence electrons. The molecular formula is C23H33N3O5. The van der Waals surface area contributed by atoms with Gasteiger partial charge in [-0.2, -0.15) is 0 Å². The maximum atomic E-state index is 10.3. The third kappa shape index (κ3) is 7.99. The number of rotatable bonds is 12. The number of methoxy groups -OCH3 is 1. The number of aromatic nitrogens is 1. The monoisotopic (exact) mass is 431 g/mol. The summed E-state index contributed by atoms with van der Waals surface area (Å²) in [6.07, 6.45) is 4.11. The van der Waals surface area contributed by atoms with Crippen LogP contribution in [0.25, 0.3) is 0 Å². The van der Waals surface area contributed by atoms with Crippen molar-refractivity contribution in [3.8, 4) is 17.2 Å². The second-order valence-corrected chi connectivity index (χ2v) is 7.70. The molecule has 0 radical (unpaired) electrons. The Bertz CT molecular complexity index is 769. The molecule has 0 spiro atoms. The van der Waals surface area contributed by atoms with Gasteiger partial charge in [0.1, 0.15) is 25.1 Å². The van der Waals surface area contributed by atoms with Gasteiger partial charge >= 0.3 is 0 Å². The Kier molecular flexibility index (Phi) is 9.36. The smallest absolute Gasteiger partial charge is 0.161 e. The fourth-order valence-corrected chi connectivity index (χ4v) is 3.49. The average Bonchev–Trinajstić information content (AvgIpc) is 2.80. The molecule has 0 bridgehead atoms. The number of pyridine rings is 1. The molecule has 2 heterocycles. The van der Waals surface area contributed by atoms with Crippen LogP contribution in [0, 0.1) is 0 Å². The third-order valence-corrected chi connectivity index (χ3v) is 5.20. The van der Waals surface area contributed by atoms with Gasteiger partial charge in [-0.1, -0.05) is 6.07 Å². The van der Waals surface area contributed by atoms with Gasteiger partial charge in [-0.25, -0.2) is 0 Å². The molecule has 0 aliphatic carbocycles. The molecule has 1 atom stereocenters. The number of piperidine rings is 1. The van der Waals surface area contributed by atoms with E-state index < -0.39 is 6.10 Å². The van der Waals surface area contributed by atoms with Crippen LogP contribution < -0.4 is 19.5 Å². The van der Waals surface area contributed by atoms with Crippen LogP contribution in [-0.4, -0.2) is 78.8 Å². The third-order valence-electron chi connectivity index (χ3n) is 5.20. The Morgan fingerprint density at radius 1 is 1.19 bits per heavy atom. The van der Waals surface area contributed by atoms with Crippen molar-refractivity contribution in [1.29, 1.82) is 0 Å². The van der Waals surface area contributed by atoms with E-state index in [2.05, 4.69) is 15.2 Å². The maximum Gasteiger partial charge on any atom is 0.161 e. The molecule has 1 aromatic carbocycles. The first-order valence-corrected chi connectivity index (χ1v) is 10.8. The van der Waals surface area contributed by atoms with Crippen molar-refractivity contribution in [2.24, 2.45) is 0 Å². The standard InChI is InChI=1S/C23H33N3O5/c1-29-23-13-18(14-25-9-12-30-21-3-2-8-24-15-21)4-5-22(23)31-17-20(28)16-26-10-6-19(27)7-11-26/h2-5,8,13,15,19-20,25,27-28H,6-7,9-12,14,16-17H2,1H3/t20-/m0/s1. The summed E-state index contributed by atoms with van der Waals surface area (Å²) in [5.41, 5.74) is 1.07. The normalized spacial score (nSPS) is 16.1. The number of hydrogen-bond acceptors (Lipinski definition) is 8. The summed E-state index contributed by atoms with van der Waals surface area (Å²) in [6, 6.07) is 9.50. The molecule has 1 aliphatic heterocycles. The highest BCUT2D eigenvalue weighted by atomic mass is 16.5. The van der Waals surface area contributed by atoms with Gasteiger partial charge in [0.25, 0.3) is 0 Å². The van der Waals surface area contributed by atoms with Crippen molar-refractivity contribution in [3.05, 3.63) is 48.3 Å². The molecule has 0 unspecified atom stereocenters. The predicted molar refractivity (Wildman–Crippen MR) is 118 cm³/mol. The molecule has 3 rings (SSSR count). The van der Waals surface area contributed by atoms with E-state index >= 15 is 0 Å². The lowest BCUT2D eigenvalue weighted by atomic mass is 10.1. The summed E-state index contributed by atoms with van der Waals surface area (Å²) < 4.78 is 16.9.